The fraction of sp³-hybridized carbons (Fsp3) is 0.588. The van der Waals surface area contributed by atoms with E-state index >= 15 is 0 Å². The van der Waals surface area contributed by atoms with Gasteiger partial charge in [-0.05, 0) is 37.6 Å². The van der Waals surface area contributed by atoms with Gasteiger partial charge in [0.15, 0.2) is 0 Å². The quantitative estimate of drug-likeness (QED) is 0.825. The number of carbonyl (C=O) groups excluding carboxylic acids is 1. The lowest BCUT2D eigenvalue weighted by atomic mass is 9.78. The molecule has 2 N–H and O–H groups in total. The van der Waals surface area contributed by atoms with Crippen LogP contribution in [-0.2, 0) is 10.2 Å². The maximum absolute atomic E-state index is 12.2. The molecule has 0 aromatic heterocycles. The second-order valence-electron chi connectivity index (χ2n) is 6.17. The highest BCUT2D eigenvalue weighted by atomic mass is 79.9. The molecule has 1 amide bonds. The largest absolute Gasteiger partial charge is 0.355 e. The third-order valence-corrected chi connectivity index (χ3v) is 5.10. The van der Waals surface area contributed by atoms with E-state index in [9.17, 15) is 4.79 Å². The normalized spacial score (nSPS) is 18.4. The molecule has 1 aliphatic carbocycles. The summed E-state index contributed by atoms with van der Waals surface area (Å²) in [4.78, 5) is 12.2. The van der Waals surface area contributed by atoms with Gasteiger partial charge < -0.3 is 10.6 Å². The van der Waals surface area contributed by atoms with Gasteiger partial charge in [-0.25, -0.2) is 0 Å². The average Bonchev–Trinajstić information content (AvgIpc) is 2.96. The highest BCUT2D eigenvalue weighted by molar-refractivity contribution is 9.10. The maximum atomic E-state index is 12.2. The van der Waals surface area contributed by atoms with E-state index in [1.807, 2.05) is 14.0 Å². The van der Waals surface area contributed by atoms with E-state index in [1.54, 1.807) is 0 Å². The minimum atomic E-state index is 0.0124. The molecule has 0 heterocycles. The van der Waals surface area contributed by atoms with Gasteiger partial charge in [-0.1, -0.05) is 47.8 Å². The van der Waals surface area contributed by atoms with Crippen molar-refractivity contribution in [1.29, 1.82) is 0 Å². The van der Waals surface area contributed by atoms with Gasteiger partial charge in [0.05, 0.1) is 0 Å². The molecule has 0 radical (unpaired) electrons. The summed E-state index contributed by atoms with van der Waals surface area (Å²) in [5, 5.41) is 6.23. The van der Waals surface area contributed by atoms with Gasteiger partial charge >= 0.3 is 0 Å². The van der Waals surface area contributed by atoms with Gasteiger partial charge in [0.25, 0.3) is 0 Å². The highest BCUT2D eigenvalue weighted by Gasteiger charge is 2.36. The fourth-order valence-corrected chi connectivity index (χ4v) is 3.52. The standard InChI is InChI=1S/C17H25BrN2O/c1-13(11-19-2)16(21)20-12-17(9-3-4-10-17)14-5-7-15(18)8-6-14/h5-8,13,19H,3-4,9-12H2,1-2H3,(H,20,21). The van der Waals surface area contributed by atoms with E-state index in [0.717, 1.165) is 30.4 Å². The first kappa shape index (κ1) is 16.5. The van der Waals surface area contributed by atoms with Crippen LogP contribution in [0.4, 0.5) is 0 Å². The Hall–Kier alpha value is -0.870. The highest BCUT2D eigenvalue weighted by Crippen LogP contribution is 2.40. The van der Waals surface area contributed by atoms with Crippen molar-refractivity contribution in [2.24, 2.45) is 5.92 Å². The zero-order valence-electron chi connectivity index (χ0n) is 12.9. The van der Waals surface area contributed by atoms with Crippen molar-refractivity contribution in [2.75, 3.05) is 20.1 Å². The van der Waals surface area contributed by atoms with Crippen LogP contribution in [0.25, 0.3) is 0 Å². The van der Waals surface area contributed by atoms with Gasteiger partial charge in [-0.3, -0.25) is 4.79 Å². The summed E-state index contributed by atoms with van der Waals surface area (Å²) in [7, 11) is 1.88. The van der Waals surface area contributed by atoms with E-state index in [2.05, 4.69) is 50.8 Å². The summed E-state index contributed by atoms with van der Waals surface area (Å²) >= 11 is 3.49. The van der Waals surface area contributed by atoms with E-state index < -0.39 is 0 Å². The fourth-order valence-electron chi connectivity index (χ4n) is 3.25. The average molecular weight is 353 g/mol. The number of hydrogen-bond acceptors (Lipinski definition) is 2. The molecule has 1 saturated carbocycles. The summed E-state index contributed by atoms with van der Waals surface area (Å²) in [5.74, 6) is 0.158. The Morgan fingerprint density at radius 2 is 1.90 bits per heavy atom. The third-order valence-electron chi connectivity index (χ3n) is 4.58. The van der Waals surface area contributed by atoms with Crippen molar-refractivity contribution in [3.05, 3.63) is 34.3 Å². The van der Waals surface area contributed by atoms with Crippen molar-refractivity contribution in [1.82, 2.24) is 10.6 Å². The molecular formula is C17H25BrN2O. The molecule has 21 heavy (non-hydrogen) atoms. The Morgan fingerprint density at radius 1 is 1.29 bits per heavy atom. The monoisotopic (exact) mass is 352 g/mol. The molecule has 1 aliphatic rings. The van der Waals surface area contributed by atoms with Crippen LogP contribution in [0.15, 0.2) is 28.7 Å². The van der Waals surface area contributed by atoms with Gasteiger partial charge in [0, 0.05) is 28.9 Å². The van der Waals surface area contributed by atoms with Crippen LogP contribution in [0.5, 0.6) is 0 Å². The summed E-state index contributed by atoms with van der Waals surface area (Å²) in [6.45, 7) is 3.44. The molecule has 1 fully saturated rings. The molecular weight excluding hydrogens is 328 g/mol. The Kier molecular flexibility index (Phi) is 5.82. The topological polar surface area (TPSA) is 41.1 Å². The number of benzene rings is 1. The summed E-state index contributed by atoms with van der Waals surface area (Å²) < 4.78 is 1.10. The molecule has 0 aliphatic heterocycles. The lowest BCUT2D eigenvalue weighted by molar-refractivity contribution is -0.124. The third kappa shape index (κ3) is 4.07. The Labute approximate surface area is 136 Å². The van der Waals surface area contributed by atoms with Crippen molar-refractivity contribution < 1.29 is 4.79 Å². The molecule has 4 heteroatoms. The molecule has 1 atom stereocenters. The van der Waals surface area contributed by atoms with Crippen molar-refractivity contribution >= 4 is 21.8 Å². The van der Waals surface area contributed by atoms with Crippen molar-refractivity contribution in [2.45, 2.75) is 38.0 Å². The van der Waals surface area contributed by atoms with Crippen LogP contribution in [-0.4, -0.2) is 26.0 Å². The van der Waals surface area contributed by atoms with Crippen LogP contribution in [0, 0.1) is 5.92 Å². The van der Waals surface area contributed by atoms with E-state index in [-0.39, 0.29) is 17.2 Å². The van der Waals surface area contributed by atoms with Crippen LogP contribution in [0.2, 0.25) is 0 Å². The Bertz CT molecular complexity index is 466. The molecule has 1 aromatic rings. The number of halogens is 1. The van der Waals surface area contributed by atoms with E-state index in [4.69, 9.17) is 0 Å². The number of hydrogen-bond donors (Lipinski definition) is 2. The molecule has 1 unspecified atom stereocenters. The molecule has 0 saturated heterocycles. The first-order chi connectivity index (χ1) is 10.1. The first-order valence-electron chi connectivity index (χ1n) is 7.76. The first-order valence-corrected chi connectivity index (χ1v) is 8.55. The van der Waals surface area contributed by atoms with Crippen LogP contribution < -0.4 is 10.6 Å². The minimum Gasteiger partial charge on any atom is -0.355 e. The number of amides is 1. The van der Waals surface area contributed by atoms with Crippen molar-refractivity contribution in [3.63, 3.8) is 0 Å². The molecule has 1 aromatic carbocycles. The lowest BCUT2D eigenvalue weighted by Crippen LogP contribution is -2.42. The SMILES string of the molecule is CNCC(C)C(=O)NCC1(c2ccc(Br)cc2)CCCC1. The zero-order valence-corrected chi connectivity index (χ0v) is 14.5. The summed E-state index contributed by atoms with van der Waals surface area (Å²) in [5.41, 5.74) is 1.47. The summed E-state index contributed by atoms with van der Waals surface area (Å²) in [6, 6.07) is 8.58. The Morgan fingerprint density at radius 3 is 2.48 bits per heavy atom. The number of rotatable bonds is 6. The molecule has 3 nitrogen and oxygen atoms in total. The summed E-state index contributed by atoms with van der Waals surface area (Å²) in [6.07, 6.45) is 4.82. The van der Waals surface area contributed by atoms with E-state index in [0.29, 0.717) is 0 Å². The van der Waals surface area contributed by atoms with Crippen LogP contribution in [0.3, 0.4) is 0 Å². The van der Waals surface area contributed by atoms with Gasteiger partial charge in [-0.15, -0.1) is 0 Å². The lowest BCUT2D eigenvalue weighted by Gasteiger charge is -2.30. The zero-order chi connectivity index (χ0) is 15.3. The molecule has 116 valence electrons. The maximum Gasteiger partial charge on any atom is 0.224 e. The molecule has 2 rings (SSSR count). The second kappa shape index (κ2) is 7.41. The van der Waals surface area contributed by atoms with Gasteiger partial charge in [0.1, 0.15) is 0 Å². The Balaban J connectivity index is 2.05. The van der Waals surface area contributed by atoms with Gasteiger partial charge in [0.2, 0.25) is 5.91 Å². The smallest absolute Gasteiger partial charge is 0.224 e. The van der Waals surface area contributed by atoms with Crippen LogP contribution in [0.1, 0.15) is 38.2 Å². The second-order valence-corrected chi connectivity index (χ2v) is 7.09. The van der Waals surface area contributed by atoms with E-state index in [1.165, 1.54) is 18.4 Å². The number of nitrogens with one attached hydrogen (secondary N) is 2. The van der Waals surface area contributed by atoms with Crippen molar-refractivity contribution in [3.8, 4) is 0 Å². The molecule has 0 spiro atoms. The predicted octanol–water partition coefficient (Wildman–Crippen LogP) is 3.23. The number of carbonyl (C=O) groups is 1. The molecule has 0 bridgehead atoms. The minimum absolute atomic E-state index is 0.0124. The van der Waals surface area contributed by atoms with Crippen LogP contribution >= 0.6 is 15.9 Å². The van der Waals surface area contributed by atoms with Gasteiger partial charge in [-0.2, -0.15) is 0 Å². The predicted molar refractivity (Wildman–Crippen MR) is 90.4 cm³/mol.